The summed E-state index contributed by atoms with van der Waals surface area (Å²) in [5.74, 6) is -0.719. The Kier molecular flexibility index (Phi) is 4.80. The smallest absolute Gasteiger partial charge is 0.308 e. The number of aliphatic carboxylic acids is 1. The lowest BCUT2D eigenvalue weighted by atomic mass is 9.85. The van der Waals surface area contributed by atoms with Gasteiger partial charge in [0.2, 0.25) is 5.91 Å². The molecule has 2 aliphatic rings. The van der Waals surface area contributed by atoms with E-state index in [1.807, 2.05) is 6.92 Å². The van der Waals surface area contributed by atoms with Crippen LogP contribution >= 0.6 is 0 Å². The summed E-state index contributed by atoms with van der Waals surface area (Å²) in [4.78, 5) is 23.0. The Morgan fingerprint density at radius 1 is 1.37 bits per heavy atom. The molecule has 1 amide bonds. The second-order valence-corrected chi connectivity index (χ2v) is 5.79. The first kappa shape index (κ1) is 14.3. The van der Waals surface area contributed by atoms with Crippen molar-refractivity contribution in [2.24, 2.45) is 11.8 Å². The molecule has 3 N–H and O–H groups in total. The predicted molar refractivity (Wildman–Crippen MR) is 71.7 cm³/mol. The summed E-state index contributed by atoms with van der Waals surface area (Å²) in [6.45, 7) is 2.06. The lowest BCUT2D eigenvalue weighted by Crippen LogP contribution is -2.45. The number of carboxylic acids is 1. The van der Waals surface area contributed by atoms with Crippen LogP contribution < -0.4 is 10.6 Å². The Morgan fingerprint density at radius 3 is 2.74 bits per heavy atom. The van der Waals surface area contributed by atoms with Crippen LogP contribution in [0.25, 0.3) is 0 Å². The number of fused-ring (bicyclic) bond motifs is 1. The number of carbonyl (C=O) groups is 2. The molecule has 1 aliphatic heterocycles. The summed E-state index contributed by atoms with van der Waals surface area (Å²) in [6, 6.07) is 0.366. The zero-order chi connectivity index (χ0) is 13.8. The van der Waals surface area contributed by atoms with E-state index in [9.17, 15) is 9.59 Å². The molecule has 1 aliphatic carbocycles. The van der Waals surface area contributed by atoms with E-state index >= 15 is 0 Å². The molecular formula is C14H24N2O3. The summed E-state index contributed by atoms with van der Waals surface area (Å²) in [5.41, 5.74) is 0. The molecule has 0 bridgehead atoms. The van der Waals surface area contributed by atoms with E-state index in [1.165, 1.54) is 25.7 Å². The Morgan fingerprint density at radius 2 is 2.11 bits per heavy atom. The van der Waals surface area contributed by atoms with Crippen LogP contribution in [0.15, 0.2) is 0 Å². The second kappa shape index (κ2) is 6.37. The lowest BCUT2D eigenvalue weighted by molar-refractivity contribution is -0.141. The van der Waals surface area contributed by atoms with Gasteiger partial charge in [-0.15, -0.1) is 0 Å². The maximum absolute atomic E-state index is 12.1. The third kappa shape index (κ3) is 3.47. The molecule has 0 radical (unpaired) electrons. The Bertz CT molecular complexity index is 332. The molecule has 0 aromatic heterocycles. The third-order valence-corrected chi connectivity index (χ3v) is 4.54. The van der Waals surface area contributed by atoms with E-state index in [4.69, 9.17) is 5.11 Å². The van der Waals surface area contributed by atoms with Crippen LogP contribution in [0.5, 0.6) is 0 Å². The molecule has 2 rings (SSSR count). The molecule has 1 saturated carbocycles. The molecule has 0 aromatic carbocycles. The predicted octanol–water partition coefficient (Wildman–Crippen LogP) is 1.13. The van der Waals surface area contributed by atoms with Crippen molar-refractivity contribution in [3.8, 4) is 0 Å². The molecule has 4 atom stereocenters. The van der Waals surface area contributed by atoms with Gasteiger partial charge in [0.25, 0.3) is 0 Å². The molecule has 1 heterocycles. The Balaban J connectivity index is 1.79. The maximum atomic E-state index is 12.1. The van der Waals surface area contributed by atoms with Gasteiger partial charge in [0.05, 0.1) is 12.0 Å². The van der Waals surface area contributed by atoms with E-state index in [2.05, 4.69) is 10.6 Å². The van der Waals surface area contributed by atoms with Gasteiger partial charge in [-0.1, -0.05) is 19.8 Å². The molecule has 4 unspecified atom stereocenters. The van der Waals surface area contributed by atoms with Crippen molar-refractivity contribution in [2.45, 2.75) is 57.5 Å². The topological polar surface area (TPSA) is 78.4 Å². The van der Waals surface area contributed by atoms with E-state index in [0.29, 0.717) is 18.4 Å². The second-order valence-electron chi connectivity index (χ2n) is 5.79. The number of nitrogens with one attached hydrogen (secondary N) is 2. The van der Waals surface area contributed by atoms with Crippen molar-refractivity contribution >= 4 is 11.9 Å². The number of carboxylic acid groups (broad SMARTS) is 1. The highest BCUT2D eigenvalue weighted by molar-refractivity contribution is 5.82. The molecule has 5 nitrogen and oxygen atoms in total. The highest BCUT2D eigenvalue weighted by atomic mass is 16.4. The summed E-state index contributed by atoms with van der Waals surface area (Å²) in [5, 5.41) is 15.1. The highest BCUT2D eigenvalue weighted by Gasteiger charge is 2.38. The van der Waals surface area contributed by atoms with E-state index < -0.39 is 11.9 Å². The van der Waals surface area contributed by atoms with Crippen molar-refractivity contribution in [2.75, 3.05) is 6.54 Å². The van der Waals surface area contributed by atoms with Crippen LogP contribution in [-0.4, -0.2) is 35.6 Å². The fourth-order valence-electron chi connectivity index (χ4n) is 3.27. The standard InChI is InChI=1S/C14H24N2O3/c1-2-9(14(18)19)8-15-13(17)12-7-10-5-3-4-6-11(10)16-12/h9-12,16H,2-8H2,1H3,(H,15,17)(H,18,19). The number of amides is 1. The average molecular weight is 268 g/mol. The van der Waals surface area contributed by atoms with Gasteiger partial charge in [0.1, 0.15) is 0 Å². The lowest BCUT2D eigenvalue weighted by Gasteiger charge is -2.24. The molecule has 108 valence electrons. The van der Waals surface area contributed by atoms with Gasteiger partial charge < -0.3 is 15.7 Å². The summed E-state index contributed by atoms with van der Waals surface area (Å²) >= 11 is 0. The van der Waals surface area contributed by atoms with Crippen LogP contribution in [0.2, 0.25) is 0 Å². The fraction of sp³-hybridized carbons (Fsp3) is 0.857. The van der Waals surface area contributed by atoms with E-state index in [-0.39, 0.29) is 18.5 Å². The highest BCUT2D eigenvalue weighted by Crippen LogP contribution is 2.33. The van der Waals surface area contributed by atoms with Gasteiger partial charge in [-0.3, -0.25) is 9.59 Å². The van der Waals surface area contributed by atoms with E-state index in [1.54, 1.807) is 0 Å². The van der Waals surface area contributed by atoms with Crippen molar-refractivity contribution < 1.29 is 14.7 Å². The summed E-state index contributed by atoms with van der Waals surface area (Å²) in [7, 11) is 0. The Hall–Kier alpha value is -1.10. The monoisotopic (exact) mass is 268 g/mol. The zero-order valence-electron chi connectivity index (χ0n) is 11.5. The number of carbonyl (C=O) groups excluding carboxylic acids is 1. The van der Waals surface area contributed by atoms with Crippen LogP contribution in [0, 0.1) is 11.8 Å². The number of hydrogen-bond acceptors (Lipinski definition) is 3. The largest absolute Gasteiger partial charge is 0.481 e. The summed E-state index contributed by atoms with van der Waals surface area (Å²) in [6.07, 6.45) is 6.35. The quantitative estimate of drug-likeness (QED) is 0.698. The average Bonchev–Trinajstić information content (AvgIpc) is 2.82. The van der Waals surface area contributed by atoms with Crippen LogP contribution in [-0.2, 0) is 9.59 Å². The SMILES string of the molecule is CCC(CNC(=O)C1CC2CCCCC2N1)C(=O)O. The number of rotatable bonds is 5. The fourth-order valence-corrected chi connectivity index (χ4v) is 3.27. The van der Waals surface area contributed by atoms with Gasteiger partial charge >= 0.3 is 5.97 Å². The van der Waals surface area contributed by atoms with Gasteiger partial charge in [-0.2, -0.15) is 0 Å². The first-order chi connectivity index (χ1) is 9.11. The first-order valence-electron chi connectivity index (χ1n) is 7.38. The third-order valence-electron chi connectivity index (χ3n) is 4.54. The van der Waals surface area contributed by atoms with E-state index in [0.717, 1.165) is 6.42 Å². The molecule has 0 spiro atoms. The minimum atomic E-state index is -0.837. The molecular weight excluding hydrogens is 244 g/mol. The molecule has 19 heavy (non-hydrogen) atoms. The molecule has 5 heteroatoms. The van der Waals surface area contributed by atoms with Crippen LogP contribution in [0.1, 0.15) is 45.4 Å². The minimum Gasteiger partial charge on any atom is -0.481 e. The van der Waals surface area contributed by atoms with Crippen molar-refractivity contribution in [1.29, 1.82) is 0 Å². The maximum Gasteiger partial charge on any atom is 0.308 e. The van der Waals surface area contributed by atoms with Crippen LogP contribution in [0.3, 0.4) is 0 Å². The molecule has 1 saturated heterocycles. The number of hydrogen-bond donors (Lipinski definition) is 3. The van der Waals surface area contributed by atoms with Crippen molar-refractivity contribution in [3.05, 3.63) is 0 Å². The summed E-state index contributed by atoms with van der Waals surface area (Å²) < 4.78 is 0. The molecule has 2 fully saturated rings. The van der Waals surface area contributed by atoms with Gasteiger partial charge in [-0.05, 0) is 31.6 Å². The zero-order valence-corrected chi connectivity index (χ0v) is 11.5. The normalized spacial score (nSPS) is 31.5. The van der Waals surface area contributed by atoms with Gasteiger partial charge in [0, 0.05) is 12.6 Å². The van der Waals surface area contributed by atoms with Gasteiger partial charge in [0.15, 0.2) is 0 Å². The first-order valence-corrected chi connectivity index (χ1v) is 7.38. The van der Waals surface area contributed by atoms with Crippen molar-refractivity contribution in [3.63, 3.8) is 0 Å². The Labute approximate surface area is 114 Å². The molecule has 0 aromatic rings. The van der Waals surface area contributed by atoms with Crippen LogP contribution in [0.4, 0.5) is 0 Å². The van der Waals surface area contributed by atoms with Gasteiger partial charge in [-0.25, -0.2) is 0 Å². The minimum absolute atomic E-state index is 0.0332. The van der Waals surface area contributed by atoms with Crippen molar-refractivity contribution in [1.82, 2.24) is 10.6 Å².